The van der Waals surface area contributed by atoms with Crippen molar-refractivity contribution in [3.8, 4) is 10.6 Å². The molecule has 0 saturated heterocycles. The lowest BCUT2D eigenvalue weighted by Crippen LogP contribution is -2.35. The van der Waals surface area contributed by atoms with Crippen molar-refractivity contribution in [2.24, 2.45) is 5.92 Å². The molecule has 2 aromatic heterocycles. The Bertz CT molecular complexity index is 1230. The zero-order valence-electron chi connectivity index (χ0n) is 18.1. The summed E-state index contributed by atoms with van der Waals surface area (Å²) >= 11 is 1.27. The van der Waals surface area contributed by atoms with Crippen LogP contribution in [0.5, 0.6) is 0 Å². The molecule has 2 aliphatic carbocycles. The smallest absolute Gasteiger partial charge is 0.258 e. The molecule has 170 valence electrons. The quantitative estimate of drug-likeness (QED) is 0.635. The van der Waals surface area contributed by atoms with E-state index in [-0.39, 0.29) is 23.7 Å². The minimum atomic E-state index is -3.60. The Morgan fingerprint density at radius 2 is 1.97 bits per heavy atom. The number of thiazole rings is 1. The summed E-state index contributed by atoms with van der Waals surface area (Å²) in [6.07, 6.45) is 3.45. The second kappa shape index (κ2) is 7.51. The van der Waals surface area contributed by atoms with Crippen LogP contribution in [0, 0.1) is 12.8 Å². The molecule has 2 aromatic rings. The number of carbonyl (C=O) groups excluding carboxylic acids is 2. The van der Waals surface area contributed by atoms with E-state index in [1.54, 1.807) is 0 Å². The van der Waals surface area contributed by atoms with Gasteiger partial charge >= 0.3 is 0 Å². The van der Waals surface area contributed by atoms with E-state index in [4.69, 9.17) is 0 Å². The summed E-state index contributed by atoms with van der Waals surface area (Å²) < 4.78 is 28.0. The average Bonchev–Trinajstić information content (AvgIpc) is 3.61. The van der Waals surface area contributed by atoms with Crippen LogP contribution >= 0.6 is 11.3 Å². The number of aryl methyl sites for hydroxylation is 1. The van der Waals surface area contributed by atoms with Gasteiger partial charge in [0.15, 0.2) is 10.9 Å². The van der Waals surface area contributed by atoms with Gasteiger partial charge in [0.05, 0.1) is 27.1 Å². The molecule has 1 aliphatic heterocycles. The second-order valence-electron chi connectivity index (χ2n) is 8.86. The Balaban J connectivity index is 1.58. The monoisotopic (exact) mass is 475 g/mol. The Hall–Kier alpha value is -2.53. The molecule has 5 rings (SSSR count). The maximum absolute atomic E-state index is 13.3. The highest BCUT2D eigenvalue weighted by Gasteiger charge is 2.42. The van der Waals surface area contributed by atoms with Gasteiger partial charge in [0.25, 0.3) is 5.91 Å². The van der Waals surface area contributed by atoms with Crippen molar-refractivity contribution in [2.75, 3.05) is 10.0 Å². The van der Waals surface area contributed by atoms with E-state index >= 15 is 0 Å². The molecule has 0 aromatic carbocycles. The van der Waals surface area contributed by atoms with Gasteiger partial charge in [0.1, 0.15) is 0 Å². The van der Waals surface area contributed by atoms with Crippen LogP contribution in [-0.4, -0.2) is 46.4 Å². The highest BCUT2D eigenvalue weighted by molar-refractivity contribution is 7.93. The summed E-state index contributed by atoms with van der Waals surface area (Å²) in [5.74, 6) is 0.192. The van der Waals surface area contributed by atoms with Gasteiger partial charge < -0.3 is 10.2 Å². The number of carbonyl (C=O) groups is 2. The summed E-state index contributed by atoms with van der Waals surface area (Å²) in [5.41, 5.74) is 2.32. The number of hydrogen-bond donors (Lipinski definition) is 2. The van der Waals surface area contributed by atoms with Crippen LogP contribution in [0.25, 0.3) is 10.6 Å². The van der Waals surface area contributed by atoms with Crippen LogP contribution in [0.15, 0.2) is 6.07 Å². The molecule has 0 unspecified atom stereocenters. The highest BCUT2D eigenvalue weighted by atomic mass is 32.2. The Morgan fingerprint density at radius 1 is 1.25 bits per heavy atom. The largest absolute Gasteiger partial charge is 0.331 e. The Morgan fingerprint density at radius 3 is 2.59 bits per heavy atom. The lowest BCUT2D eigenvalue weighted by atomic mass is 10.1. The molecular formula is C21H25N5O4S2. The van der Waals surface area contributed by atoms with E-state index in [2.05, 4.69) is 26.9 Å². The van der Waals surface area contributed by atoms with Crippen LogP contribution in [0.1, 0.15) is 61.1 Å². The van der Waals surface area contributed by atoms with E-state index in [1.807, 2.05) is 17.9 Å². The van der Waals surface area contributed by atoms with Gasteiger partial charge in [-0.2, -0.15) is 0 Å². The van der Waals surface area contributed by atoms with Crippen molar-refractivity contribution in [1.29, 1.82) is 0 Å². The highest BCUT2D eigenvalue weighted by Crippen LogP contribution is 2.42. The summed E-state index contributed by atoms with van der Waals surface area (Å²) in [4.78, 5) is 36.2. The van der Waals surface area contributed by atoms with Crippen molar-refractivity contribution in [1.82, 2.24) is 14.9 Å². The Kier molecular flexibility index (Phi) is 5.01. The van der Waals surface area contributed by atoms with Gasteiger partial charge in [0.2, 0.25) is 15.9 Å². The third-order valence-corrected chi connectivity index (χ3v) is 9.15. The SMILES string of the molecule is CC(=O)Nc1nc(C)c(-c2cc3c(c(NS(=O)(=O)C4CC4)n2)C(=O)N([C@@H](C)C2CC2)C3)s1. The fourth-order valence-electron chi connectivity index (χ4n) is 4.15. The Labute approximate surface area is 190 Å². The lowest BCUT2D eigenvalue weighted by Gasteiger charge is -2.24. The third-order valence-electron chi connectivity index (χ3n) is 6.23. The van der Waals surface area contributed by atoms with Crippen LogP contribution in [0.3, 0.4) is 0 Å². The predicted octanol–water partition coefficient (Wildman–Crippen LogP) is 3.13. The fraction of sp³-hybridized carbons (Fsp3) is 0.524. The zero-order chi connectivity index (χ0) is 22.8. The molecule has 2 N–H and O–H groups in total. The number of amides is 2. The number of aromatic nitrogens is 2. The number of nitrogens with one attached hydrogen (secondary N) is 2. The fourth-order valence-corrected chi connectivity index (χ4v) is 6.46. The molecule has 2 saturated carbocycles. The average molecular weight is 476 g/mol. The van der Waals surface area contributed by atoms with Gasteiger partial charge in [-0.3, -0.25) is 14.3 Å². The first-order chi connectivity index (χ1) is 15.1. The minimum Gasteiger partial charge on any atom is -0.331 e. The third kappa shape index (κ3) is 3.88. The summed E-state index contributed by atoms with van der Waals surface area (Å²) in [6.45, 7) is 5.70. The molecule has 1 atom stereocenters. The van der Waals surface area contributed by atoms with Gasteiger partial charge in [-0.05, 0) is 57.1 Å². The van der Waals surface area contributed by atoms with Gasteiger partial charge in [-0.15, -0.1) is 0 Å². The maximum Gasteiger partial charge on any atom is 0.258 e. The molecule has 0 spiro atoms. The molecule has 2 fully saturated rings. The molecule has 32 heavy (non-hydrogen) atoms. The van der Waals surface area contributed by atoms with Crippen LogP contribution < -0.4 is 10.0 Å². The van der Waals surface area contributed by atoms with E-state index in [9.17, 15) is 18.0 Å². The number of sulfonamides is 1. The van der Waals surface area contributed by atoms with Gasteiger partial charge in [-0.25, -0.2) is 18.4 Å². The van der Waals surface area contributed by atoms with Crippen molar-refractivity contribution in [3.05, 3.63) is 22.9 Å². The summed E-state index contributed by atoms with van der Waals surface area (Å²) in [7, 11) is -3.60. The summed E-state index contributed by atoms with van der Waals surface area (Å²) in [6, 6.07) is 1.95. The molecule has 3 aliphatic rings. The van der Waals surface area contributed by atoms with Gasteiger partial charge in [-0.1, -0.05) is 11.3 Å². The van der Waals surface area contributed by atoms with E-state index in [0.717, 1.165) is 23.3 Å². The molecule has 11 heteroatoms. The standard InChI is InChI=1S/C21H25N5O4S2/c1-10-18(31-21(22-10)23-12(3)27)16-8-14-9-26(11(2)13-4-5-13)20(28)17(14)19(24-16)25-32(29,30)15-6-7-15/h8,11,13,15H,4-7,9H2,1-3H3,(H,24,25)(H,22,23,27)/t11-/m0/s1. The molecule has 9 nitrogen and oxygen atoms in total. The molecule has 0 radical (unpaired) electrons. The van der Waals surface area contributed by atoms with E-state index < -0.39 is 15.3 Å². The van der Waals surface area contributed by atoms with Crippen LogP contribution in [0.2, 0.25) is 0 Å². The predicted molar refractivity (Wildman–Crippen MR) is 122 cm³/mol. The van der Waals surface area contributed by atoms with E-state index in [0.29, 0.717) is 47.4 Å². The molecule has 0 bridgehead atoms. The number of fused-ring (bicyclic) bond motifs is 1. The zero-order valence-corrected chi connectivity index (χ0v) is 19.8. The number of anilines is 2. The molecular weight excluding hydrogens is 450 g/mol. The first-order valence-corrected chi connectivity index (χ1v) is 13.1. The molecule has 2 amide bonds. The number of nitrogens with zero attached hydrogens (tertiary/aromatic N) is 3. The van der Waals surface area contributed by atoms with Crippen LogP contribution in [-0.2, 0) is 21.4 Å². The summed E-state index contributed by atoms with van der Waals surface area (Å²) in [5, 5.41) is 2.70. The van der Waals surface area contributed by atoms with Crippen molar-refractivity contribution in [3.63, 3.8) is 0 Å². The van der Waals surface area contributed by atoms with Crippen molar-refractivity contribution < 1.29 is 18.0 Å². The maximum atomic E-state index is 13.3. The first-order valence-electron chi connectivity index (χ1n) is 10.8. The topological polar surface area (TPSA) is 121 Å². The van der Waals surface area contributed by atoms with Gasteiger partial charge in [0, 0.05) is 19.5 Å². The van der Waals surface area contributed by atoms with Crippen molar-refractivity contribution >= 4 is 44.1 Å². The second-order valence-corrected chi connectivity index (χ2v) is 11.8. The number of rotatable bonds is 7. The molecule has 3 heterocycles. The van der Waals surface area contributed by atoms with Crippen molar-refractivity contribution in [2.45, 2.75) is 64.3 Å². The number of pyridine rings is 1. The van der Waals surface area contributed by atoms with E-state index in [1.165, 1.54) is 18.3 Å². The first kappa shape index (κ1) is 21.3. The minimum absolute atomic E-state index is 0.0915. The lowest BCUT2D eigenvalue weighted by molar-refractivity contribution is -0.114. The normalized spacial score (nSPS) is 19.1. The number of hydrogen-bond acceptors (Lipinski definition) is 7. The van der Waals surface area contributed by atoms with Crippen LogP contribution in [0.4, 0.5) is 10.9 Å².